The van der Waals surface area contributed by atoms with Gasteiger partial charge in [0, 0.05) is 19.1 Å². The van der Waals surface area contributed by atoms with Crippen molar-refractivity contribution in [2.45, 2.75) is 45.2 Å². The molecule has 3 fully saturated rings. The molecule has 1 N–H and O–H groups in total. The molecule has 5 heteroatoms. The second kappa shape index (κ2) is 5.35. The molecule has 2 unspecified atom stereocenters. The predicted molar refractivity (Wildman–Crippen MR) is 76.1 cm³/mol. The van der Waals surface area contributed by atoms with Gasteiger partial charge in [0.2, 0.25) is 11.8 Å². The molecule has 2 saturated heterocycles. The van der Waals surface area contributed by atoms with Crippen LogP contribution in [0.5, 0.6) is 0 Å². The van der Waals surface area contributed by atoms with E-state index in [2.05, 4.69) is 24.1 Å². The monoisotopic (exact) mass is 279 g/mol. The van der Waals surface area contributed by atoms with Crippen molar-refractivity contribution in [3.63, 3.8) is 0 Å². The van der Waals surface area contributed by atoms with Gasteiger partial charge in [0.05, 0.1) is 6.54 Å². The van der Waals surface area contributed by atoms with Gasteiger partial charge in [-0.25, -0.2) is 0 Å². The normalized spacial score (nSPS) is 32.0. The van der Waals surface area contributed by atoms with Gasteiger partial charge in [0.25, 0.3) is 0 Å². The molecule has 2 aliphatic heterocycles. The first-order valence-corrected chi connectivity index (χ1v) is 7.87. The molecule has 2 amide bonds. The van der Waals surface area contributed by atoms with Crippen LogP contribution in [0, 0.1) is 11.8 Å². The maximum Gasteiger partial charge on any atom is 0.245 e. The van der Waals surface area contributed by atoms with Gasteiger partial charge in [0.15, 0.2) is 0 Å². The van der Waals surface area contributed by atoms with Gasteiger partial charge in [-0.2, -0.15) is 0 Å². The van der Waals surface area contributed by atoms with Crippen molar-refractivity contribution in [3.8, 4) is 0 Å². The molecule has 0 aromatic rings. The topological polar surface area (TPSA) is 52.6 Å². The number of piperazine rings is 1. The van der Waals surface area contributed by atoms with Crippen LogP contribution in [-0.2, 0) is 9.59 Å². The molecule has 1 saturated carbocycles. The van der Waals surface area contributed by atoms with Crippen molar-refractivity contribution >= 4 is 11.8 Å². The molecule has 3 rings (SSSR count). The van der Waals surface area contributed by atoms with Gasteiger partial charge in [-0.1, -0.05) is 0 Å². The smallest absolute Gasteiger partial charge is 0.245 e. The summed E-state index contributed by atoms with van der Waals surface area (Å²) in [5.41, 5.74) is 0. The highest BCUT2D eigenvalue weighted by Gasteiger charge is 2.43. The zero-order valence-electron chi connectivity index (χ0n) is 12.5. The quantitative estimate of drug-likeness (QED) is 0.813. The van der Waals surface area contributed by atoms with E-state index in [9.17, 15) is 9.59 Å². The Bertz CT molecular complexity index is 406. The highest BCUT2D eigenvalue weighted by atomic mass is 16.2. The first-order chi connectivity index (χ1) is 9.54. The number of nitrogens with one attached hydrogen (secondary N) is 1. The minimum Gasteiger partial charge on any atom is -0.342 e. The molecule has 0 bridgehead atoms. The molecular weight excluding hydrogens is 254 g/mol. The fourth-order valence-corrected chi connectivity index (χ4v) is 3.42. The van der Waals surface area contributed by atoms with E-state index in [4.69, 9.17) is 0 Å². The van der Waals surface area contributed by atoms with Crippen molar-refractivity contribution < 1.29 is 9.59 Å². The summed E-state index contributed by atoms with van der Waals surface area (Å²) in [5.74, 6) is 1.08. The molecule has 5 nitrogen and oxygen atoms in total. The number of amides is 2. The molecule has 2 atom stereocenters. The van der Waals surface area contributed by atoms with Gasteiger partial charge in [-0.05, 0) is 51.5 Å². The lowest BCUT2D eigenvalue weighted by Crippen LogP contribution is -2.59. The predicted octanol–water partition coefficient (Wildman–Crippen LogP) is 0.454. The third-order valence-corrected chi connectivity index (χ3v) is 4.85. The van der Waals surface area contributed by atoms with Crippen LogP contribution in [0.25, 0.3) is 0 Å². The number of nitrogens with zero attached hydrogens (tertiary/aromatic N) is 2. The van der Waals surface area contributed by atoms with Crippen LogP contribution in [0.4, 0.5) is 0 Å². The van der Waals surface area contributed by atoms with Crippen molar-refractivity contribution in [2.24, 2.45) is 11.8 Å². The average molecular weight is 279 g/mol. The summed E-state index contributed by atoms with van der Waals surface area (Å²) >= 11 is 0. The van der Waals surface area contributed by atoms with Gasteiger partial charge >= 0.3 is 0 Å². The lowest BCUT2D eigenvalue weighted by atomic mass is 10.0. The molecule has 0 spiro atoms. The van der Waals surface area contributed by atoms with Crippen LogP contribution in [0.1, 0.15) is 33.1 Å². The Balaban J connectivity index is 1.58. The Hall–Kier alpha value is -1.10. The van der Waals surface area contributed by atoms with Crippen LogP contribution in [0.15, 0.2) is 0 Å². The molecule has 112 valence electrons. The zero-order valence-corrected chi connectivity index (χ0v) is 12.5. The van der Waals surface area contributed by atoms with E-state index < -0.39 is 0 Å². The highest BCUT2D eigenvalue weighted by molar-refractivity contribution is 5.95. The molecule has 3 aliphatic rings. The zero-order chi connectivity index (χ0) is 14.3. The molecule has 0 radical (unpaired) electrons. The first-order valence-electron chi connectivity index (χ1n) is 7.87. The highest BCUT2D eigenvalue weighted by Crippen LogP contribution is 2.34. The van der Waals surface area contributed by atoms with E-state index in [1.54, 1.807) is 4.90 Å². The Morgan fingerprint density at radius 3 is 2.60 bits per heavy atom. The number of hydrogen-bond acceptors (Lipinski definition) is 3. The van der Waals surface area contributed by atoms with Crippen molar-refractivity contribution in [3.05, 3.63) is 0 Å². The molecular formula is C15H25N3O2. The SMILES string of the molecule is CC(C)N1CCC(CN2CC(=O)NC(C3CC3)C2=O)C1. The summed E-state index contributed by atoms with van der Waals surface area (Å²) in [6, 6.07) is 0.332. The summed E-state index contributed by atoms with van der Waals surface area (Å²) < 4.78 is 0. The van der Waals surface area contributed by atoms with Crippen LogP contribution >= 0.6 is 0 Å². The van der Waals surface area contributed by atoms with Crippen LogP contribution < -0.4 is 5.32 Å². The van der Waals surface area contributed by atoms with Gasteiger partial charge in [-0.15, -0.1) is 0 Å². The minimum absolute atomic E-state index is 0.0141. The van der Waals surface area contributed by atoms with Gasteiger partial charge in [0.1, 0.15) is 6.04 Å². The van der Waals surface area contributed by atoms with Crippen molar-refractivity contribution in [2.75, 3.05) is 26.2 Å². The van der Waals surface area contributed by atoms with Crippen LogP contribution in [-0.4, -0.2) is 59.9 Å². The molecule has 20 heavy (non-hydrogen) atoms. The Kier molecular flexibility index (Phi) is 3.71. The number of hydrogen-bond donors (Lipinski definition) is 1. The Morgan fingerprint density at radius 1 is 1.25 bits per heavy atom. The van der Waals surface area contributed by atoms with Crippen molar-refractivity contribution in [1.82, 2.24) is 15.1 Å². The molecule has 0 aromatic heterocycles. The summed E-state index contributed by atoms with van der Waals surface area (Å²) in [7, 11) is 0. The van der Waals surface area contributed by atoms with E-state index in [1.165, 1.54) is 0 Å². The third-order valence-electron chi connectivity index (χ3n) is 4.85. The van der Waals surface area contributed by atoms with Crippen LogP contribution in [0.2, 0.25) is 0 Å². The number of rotatable bonds is 4. The maximum atomic E-state index is 12.5. The largest absolute Gasteiger partial charge is 0.342 e. The van der Waals surface area contributed by atoms with E-state index in [0.29, 0.717) is 17.9 Å². The number of carbonyl (C=O) groups is 2. The summed E-state index contributed by atoms with van der Waals surface area (Å²) in [6.45, 7) is 7.59. The first kappa shape index (κ1) is 13.9. The lowest BCUT2D eigenvalue weighted by Gasteiger charge is -2.34. The summed E-state index contributed by atoms with van der Waals surface area (Å²) in [5, 5.41) is 2.87. The second-order valence-electron chi connectivity index (χ2n) is 6.84. The third kappa shape index (κ3) is 2.82. The number of carbonyl (C=O) groups excluding carboxylic acids is 2. The summed E-state index contributed by atoms with van der Waals surface area (Å²) in [4.78, 5) is 28.5. The second-order valence-corrected chi connectivity index (χ2v) is 6.84. The molecule has 1 aliphatic carbocycles. The fourth-order valence-electron chi connectivity index (χ4n) is 3.42. The van der Waals surface area contributed by atoms with Crippen LogP contribution in [0.3, 0.4) is 0 Å². The maximum absolute atomic E-state index is 12.5. The van der Waals surface area contributed by atoms with Gasteiger partial charge in [-0.3, -0.25) is 9.59 Å². The van der Waals surface area contributed by atoms with E-state index in [1.807, 2.05) is 0 Å². The number of likely N-dealkylation sites (tertiary alicyclic amines) is 1. The Labute approximate surface area is 120 Å². The molecule has 0 aromatic carbocycles. The Morgan fingerprint density at radius 2 is 2.00 bits per heavy atom. The van der Waals surface area contributed by atoms with E-state index >= 15 is 0 Å². The molecule has 2 heterocycles. The average Bonchev–Trinajstić information content (AvgIpc) is 3.12. The van der Waals surface area contributed by atoms with Crippen molar-refractivity contribution in [1.29, 1.82) is 0 Å². The lowest BCUT2D eigenvalue weighted by molar-refractivity contribution is -0.145. The minimum atomic E-state index is -0.237. The summed E-state index contributed by atoms with van der Waals surface area (Å²) in [6.07, 6.45) is 3.29. The van der Waals surface area contributed by atoms with E-state index in [0.717, 1.165) is 38.9 Å². The van der Waals surface area contributed by atoms with E-state index in [-0.39, 0.29) is 24.4 Å². The fraction of sp³-hybridized carbons (Fsp3) is 0.867. The standard InChI is InChI=1S/C15H25N3O2/c1-10(2)17-6-5-11(7-17)8-18-9-13(19)16-14(15(18)20)12-3-4-12/h10-12,14H,3-9H2,1-2H3,(H,16,19). The van der Waals surface area contributed by atoms with Gasteiger partial charge < -0.3 is 15.1 Å².